The molecule has 0 bridgehead atoms. The molecule has 4 aliphatic rings. The summed E-state index contributed by atoms with van der Waals surface area (Å²) < 4.78 is 34.2. The number of hydrogen-bond acceptors (Lipinski definition) is 6. The molecule has 4 heterocycles. The molecule has 4 aliphatic heterocycles. The number of halogens is 3. The van der Waals surface area contributed by atoms with Gasteiger partial charge in [0.2, 0.25) is 12.3 Å². The first-order chi connectivity index (χ1) is 24.6. The molecule has 0 aliphatic carbocycles. The van der Waals surface area contributed by atoms with Gasteiger partial charge in [-0.2, -0.15) is 13.2 Å². The number of carbonyl (C=O) groups is 4. The second kappa shape index (κ2) is 19.9. The number of ether oxygens (including phenoxy) is 1. The zero-order valence-corrected chi connectivity index (χ0v) is 29.6. The number of amides is 5. The Morgan fingerprint density at radius 3 is 2.22 bits per heavy atom. The van der Waals surface area contributed by atoms with E-state index in [9.17, 15) is 32.3 Å². The predicted molar refractivity (Wildman–Crippen MR) is 188 cm³/mol. The van der Waals surface area contributed by atoms with Crippen molar-refractivity contribution in [3.8, 4) is 5.75 Å². The number of rotatable bonds is 8. The second-order valence-corrected chi connectivity index (χ2v) is 13.4. The van der Waals surface area contributed by atoms with Crippen LogP contribution < -0.4 is 15.4 Å². The van der Waals surface area contributed by atoms with Crippen molar-refractivity contribution >= 4 is 29.9 Å². The van der Waals surface area contributed by atoms with E-state index < -0.39 is 6.68 Å². The van der Waals surface area contributed by atoms with E-state index in [0.717, 1.165) is 49.6 Å². The van der Waals surface area contributed by atoms with Crippen LogP contribution in [0.25, 0.3) is 0 Å². The number of carbonyl (C=O) groups excluding carboxylic acids is 4. The highest BCUT2D eigenvalue weighted by atomic mass is 19.4. The summed E-state index contributed by atoms with van der Waals surface area (Å²) in [5, 5.41) is 5.85. The Morgan fingerprint density at radius 1 is 0.922 bits per heavy atom. The minimum atomic E-state index is -3.67. The van der Waals surface area contributed by atoms with Crippen LogP contribution in [-0.4, -0.2) is 115 Å². The number of para-hydroxylation sites is 1. The minimum absolute atomic E-state index is 0.0142. The number of alkyl halides is 3. The third-order valence-electron chi connectivity index (χ3n) is 9.86. The lowest BCUT2D eigenvalue weighted by Crippen LogP contribution is -2.51. The van der Waals surface area contributed by atoms with Gasteiger partial charge in [0.15, 0.2) is 0 Å². The van der Waals surface area contributed by atoms with Gasteiger partial charge in [0.1, 0.15) is 5.75 Å². The van der Waals surface area contributed by atoms with E-state index in [4.69, 9.17) is 4.74 Å². The van der Waals surface area contributed by atoms with Gasteiger partial charge in [-0.3, -0.25) is 14.4 Å². The smallest absolute Gasteiger partial charge is 0.379 e. The van der Waals surface area contributed by atoms with Gasteiger partial charge in [0, 0.05) is 68.5 Å². The number of piperidine rings is 3. The Hall–Kier alpha value is -4.33. The number of hydrogen-bond donors (Lipinski definition) is 2. The number of nitrogens with one attached hydrogen (secondary N) is 2. The summed E-state index contributed by atoms with van der Waals surface area (Å²) >= 11 is 0. The maximum absolute atomic E-state index is 12.8. The maximum Gasteiger partial charge on any atom is 0.379 e. The first-order valence-electron chi connectivity index (χ1n) is 17.8. The molecule has 3 saturated heterocycles. The Kier molecular flexibility index (Phi) is 15.4. The molecule has 0 saturated carbocycles. The molecule has 2 aromatic carbocycles. The van der Waals surface area contributed by atoms with Crippen molar-refractivity contribution in [2.75, 3.05) is 51.7 Å². The number of methoxy groups -OCH3 is 1. The molecule has 11 nitrogen and oxygen atoms in total. The molecule has 1 unspecified atom stereocenters. The van der Waals surface area contributed by atoms with Crippen LogP contribution in [0.15, 0.2) is 48.5 Å². The molecular weight excluding hydrogens is 665 g/mol. The van der Waals surface area contributed by atoms with E-state index in [1.807, 2.05) is 45.9 Å². The lowest BCUT2D eigenvalue weighted by molar-refractivity contribution is -0.133. The zero-order chi connectivity index (χ0) is 36.8. The van der Waals surface area contributed by atoms with E-state index in [2.05, 4.69) is 15.5 Å². The van der Waals surface area contributed by atoms with E-state index in [0.29, 0.717) is 30.9 Å². The second-order valence-electron chi connectivity index (χ2n) is 13.4. The first kappa shape index (κ1) is 39.5. The Labute approximate surface area is 298 Å². The summed E-state index contributed by atoms with van der Waals surface area (Å²) in [7, 11) is 1.55. The highest BCUT2D eigenvalue weighted by Crippen LogP contribution is 2.28. The van der Waals surface area contributed by atoms with Crippen molar-refractivity contribution in [3.63, 3.8) is 0 Å². The third-order valence-corrected chi connectivity index (χ3v) is 9.86. The van der Waals surface area contributed by atoms with Crippen molar-refractivity contribution < 1.29 is 37.1 Å². The fraction of sp³-hybridized carbons (Fsp3) is 0.568. The van der Waals surface area contributed by atoms with Gasteiger partial charge < -0.3 is 35.0 Å². The van der Waals surface area contributed by atoms with Crippen LogP contribution in [0, 0.1) is 0 Å². The molecule has 2 aromatic rings. The number of likely N-dealkylation sites (tertiary alicyclic amines) is 3. The van der Waals surface area contributed by atoms with Gasteiger partial charge >= 0.3 is 12.7 Å². The highest BCUT2D eigenvalue weighted by Gasteiger charge is 2.33. The SMILES string of the molecule is COc1cccc(C(=O)NC(C)CC(=O)N2CCC(N3Cc4ccccc4NC3=O)CC2)c1.FC(F)F.O=CN1CCC(N2CCCCC2)CC1. The molecule has 5 amide bonds. The monoisotopic (exact) mass is 716 g/mol. The molecule has 0 radical (unpaired) electrons. The van der Waals surface area contributed by atoms with E-state index in [1.54, 1.807) is 31.4 Å². The summed E-state index contributed by atoms with van der Waals surface area (Å²) in [5.41, 5.74) is 2.48. The van der Waals surface area contributed by atoms with Crippen molar-refractivity contribution in [2.45, 2.75) is 89.6 Å². The Morgan fingerprint density at radius 2 is 1.57 bits per heavy atom. The normalized spacial score (nSPS) is 19.0. The van der Waals surface area contributed by atoms with E-state index in [1.165, 1.54) is 45.2 Å². The molecule has 14 heteroatoms. The van der Waals surface area contributed by atoms with Gasteiger partial charge in [0.05, 0.1) is 7.11 Å². The van der Waals surface area contributed by atoms with E-state index >= 15 is 0 Å². The topological polar surface area (TPSA) is 115 Å². The average molecular weight is 717 g/mol. The molecule has 51 heavy (non-hydrogen) atoms. The van der Waals surface area contributed by atoms with Crippen LogP contribution in [0.5, 0.6) is 5.75 Å². The number of benzene rings is 2. The fourth-order valence-electron chi connectivity index (χ4n) is 7.10. The summed E-state index contributed by atoms with van der Waals surface area (Å²) in [4.78, 5) is 56.6. The predicted octanol–water partition coefficient (Wildman–Crippen LogP) is 5.51. The zero-order valence-electron chi connectivity index (χ0n) is 29.6. The van der Waals surface area contributed by atoms with Crippen molar-refractivity contribution in [1.82, 2.24) is 24.9 Å². The number of anilines is 1. The van der Waals surface area contributed by atoms with Crippen molar-refractivity contribution in [3.05, 3.63) is 59.7 Å². The van der Waals surface area contributed by atoms with Gasteiger partial charge in [-0.1, -0.05) is 30.7 Å². The first-order valence-corrected chi connectivity index (χ1v) is 17.8. The summed E-state index contributed by atoms with van der Waals surface area (Å²) in [5.74, 6) is 0.393. The third kappa shape index (κ3) is 12.1. The summed E-state index contributed by atoms with van der Waals surface area (Å²) in [6.07, 6.45) is 9.21. The lowest BCUT2D eigenvalue weighted by atomic mass is 10.0. The number of urea groups is 1. The van der Waals surface area contributed by atoms with Crippen molar-refractivity contribution in [2.24, 2.45) is 0 Å². The van der Waals surface area contributed by atoms with Crippen molar-refractivity contribution in [1.29, 1.82) is 0 Å². The molecule has 0 aromatic heterocycles. The van der Waals surface area contributed by atoms with Crippen LogP contribution in [0.2, 0.25) is 0 Å². The van der Waals surface area contributed by atoms with Crippen LogP contribution in [0.1, 0.15) is 74.2 Å². The quantitative estimate of drug-likeness (QED) is 0.349. The molecule has 1 atom stereocenters. The van der Waals surface area contributed by atoms with Crippen LogP contribution in [0.4, 0.5) is 23.7 Å². The fourth-order valence-corrected chi connectivity index (χ4v) is 7.10. The van der Waals surface area contributed by atoms with Gasteiger partial charge in [-0.05, 0) is 88.4 Å². The molecule has 6 rings (SSSR count). The lowest BCUT2D eigenvalue weighted by Gasteiger charge is -2.40. The maximum atomic E-state index is 12.8. The average Bonchev–Trinajstić information content (AvgIpc) is 3.15. The minimum Gasteiger partial charge on any atom is -0.497 e. The molecular formula is C37H51F3N6O5. The van der Waals surface area contributed by atoms with Gasteiger partial charge in [-0.15, -0.1) is 0 Å². The molecule has 3 fully saturated rings. The summed E-state index contributed by atoms with van der Waals surface area (Å²) in [6.45, 7) is 4.45. The molecule has 2 N–H and O–H groups in total. The highest BCUT2D eigenvalue weighted by molar-refractivity contribution is 5.95. The molecule has 280 valence electrons. The molecule has 0 spiro atoms. The van der Waals surface area contributed by atoms with Crippen LogP contribution in [0.3, 0.4) is 0 Å². The van der Waals surface area contributed by atoms with Crippen LogP contribution >= 0.6 is 0 Å². The number of fused-ring (bicyclic) bond motifs is 1. The van der Waals surface area contributed by atoms with E-state index in [-0.39, 0.29) is 36.3 Å². The van der Waals surface area contributed by atoms with Crippen LogP contribution in [-0.2, 0) is 16.1 Å². The Bertz CT molecular complexity index is 1430. The summed E-state index contributed by atoms with van der Waals surface area (Å²) in [6, 6.07) is 15.2. The van der Waals surface area contributed by atoms with Gasteiger partial charge in [0.25, 0.3) is 5.91 Å². The number of nitrogens with zero attached hydrogens (tertiary/aromatic N) is 4. The standard InChI is InChI=1S/C25H30N4O4.C11H20N2O.CHF3/c1-17(26-24(31)18-7-5-8-21(15-18)33-2)14-23(30)28-12-10-20(11-13-28)29-16-19-6-3-4-9-22(19)27-25(29)32;14-10-12-8-4-11(5-9-12)13-6-2-1-3-7-13;2-1(3)4/h3-9,15,17,20H,10-14,16H2,1-2H3,(H,26,31)(H,27,32);10-11H,1-9H2;1H. The largest absolute Gasteiger partial charge is 0.497 e. The Balaban J connectivity index is 0.000000267. The van der Waals surface area contributed by atoms with Gasteiger partial charge in [-0.25, -0.2) is 4.79 Å².